The van der Waals surface area contributed by atoms with Crippen molar-refractivity contribution in [1.82, 2.24) is 9.47 Å². The van der Waals surface area contributed by atoms with Crippen LogP contribution in [0, 0.1) is 5.82 Å². The van der Waals surface area contributed by atoms with Crippen molar-refractivity contribution in [3.05, 3.63) is 72.3 Å². The van der Waals surface area contributed by atoms with Gasteiger partial charge in [-0.3, -0.25) is 4.79 Å². The molecule has 4 heteroatoms. The first-order valence-corrected chi connectivity index (χ1v) is 6.85. The van der Waals surface area contributed by atoms with E-state index in [4.69, 9.17) is 0 Å². The second-order valence-corrected chi connectivity index (χ2v) is 4.94. The number of rotatable bonds is 6. The molecule has 0 bridgehead atoms. The van der Waals surface area contributed by atoms with Gasteiger partial charge in [0.2, 0.25) is 5.91 Å². The fourth-order valence-electron chi connectivity index (χ4n) is 2.19. The van der Waals surface area contributed by atoms with Gasteiger partial charge in [0, 0.05) is 31.9 Å². The van der Waals surface area contributed by atoms with E-state index in [1.165, 1.54) is 12.1 Å². The second kappa shape index (κ2) is 6.88. The molecule has 0 saturated heterocycles. The van der Waals surface area contributed by atoms with Gasteiger partial charge < -0.3 is 9.47 Å². The van der Waals surface area contributed by atoms with E-state index in [1.807, 2.05) is 18.3 Å². The molecule has 2 rings (SSSR count). The van der Waals surface area contributed by atoms with Gasteiger partial charge in [-0.2, -0.15) is 0 Å². The molecule has 1 aromatic heterocycles. The highest BCUT2D eigenvalue weighted by Crippen LogP contribution is 2.11. The molecule has 110 valence electrons. The number of carbonyl (C=O) groups excluding carboxylic acids is 1. The maximum atomic E-state index is 12.9. The SMILES string of the molecule is C=CCN(Cc1cccn1Cc1ccc(F)cc1)C(C)=O. The van der Waals surface area contributed by atoms with Crippen molar-refractivity contribution in [2.75, 3.05) is 6.54 Å². The first kappa shape index (κ1) is 15.0. The number of aromatic nitrogens is 1. The van der Waals surface area contributed by atoms with Gasteiger partial charge in [0.1, 0.15) is 5.82 Å². The lowest BCUT2D eigenvalue weighted by atomic mass is 10.2. The van der Waals surface area contributed by atoms with Crippen molar-refractivity contribution in [2.24, 2.45) is 0 Å². The van der Waals surface area contributed by atoms with E-state index in [0.717, 1.165) is 11.3 Å². The summed E-state index contributed by atoms with van der Waals surface area (Å²) < 4.78 is 15.0. The van der Waals surface area contributed by atoms with Crippen LogP contribution in [0.15, 0.2) is 55.3 Å². The second-order valence-electron chi connectivity index (χ2n) is 4.94. The minimum atomic E-state index is -0.236. The molecule has 0 unspecified atom stereocenters. The van der Waals surface area contributed by atoms with Gasteiger partial charge in [-0.1, -0.05) is 18.2 Å². The molecule has 0 aliphatic carbocycles. The Hall–Kier alpha value is -2.36. The lowest BCUT2D eigenvalue weighted by Crippen LogP contribution is -2.29. The molecule has 1 aromatic carbocycles. The van der Waals surface area contributed by atoms with Crippen molar-refractivity contribution in [3.8, 4) is 0 Å². The predicted octanol–water partition coefficient (Wildman–Crippen LogP) is 3.21. The smallest absolute Gasteiger partial charge is 0.220 e. The van der Waals surface area contributed by atoms with Crippen LogP contribution in [0.25, 0.3) is 0 Å². The Morgan fingerprint density at radius 1 is 1.33 bits per heavy atom. The average molecular weight is 286 g/mol. The molecule has 0 N–H and O–H groups in total. The van der Waals surface area contributed by atoms with Crippen molar-refractivity contribution < 1.29 is 9.18 Å². The summed E-state index contributed by atoms with van der Waals surface area (Å²) in [6.45, 7) is 6.94. The van der Waals surface area contributed by atoms with E-state index in [1.54, 1.807) is 30.0 Å². The van der Waals surface area contributed by atoms with Crippen LogP contribution >= 0.6 is 0 Å². The number of amides is 1. The van der Waals surface area contributed by atoms with Crippen molar-refractivity contribution in [2.45, 2.75) is 20.0 Å². The van der Waals surface area contributed by atoms with E-state index in [9.17, 15) is 9.18 Å². The lowest BCUT2D eigenvalue weighted by molar-refractivity contribution is -0.128. The quantitative estimate of drug-likeness (QED) is 0.749. The lowest BCUT2D eigenvalue weighted by Gasteiger charge is -2.20. The highest BCUT2D eigenvalue weighted by Gasteiger charge is 2.10. The molecule has 21 heavy (non-hydrogen) atoms. The molecule has 0 radical (unpaired) electrons. The Morgan fingerprint density at radius 2 is 2.05 bits per heavy atom. The Morgan fingerprint density at radius 3 is 2.67 bits per heavy atom. The highest BCUT2D eigenvalue weighted by atomic mass is 19.1. The van der Waals surface area contributed by atoms with Crippen LogP contribution in [0.1, 0.15) is 18.2 Å². The molecule has 1 heterocycles. The minimum Gasteiger partial charge on any atom is -0.345 e. The van der Waals surface area contributed by atoms with E-state index in [-0.39, 0.29) is 11.7 Å². The van der Waals surface area contributed by atoms with Gasteiger partial charge in [0.05, 0.1) is 6.54 Å². The van der Waals surface area contributed by atoms with Gasteiger partial charge in [0.15, 0.2) is 0 Å². The molecule has 0 aliphatic heterocycles. The van der Waals surface area contributed by atoms with E-state index in [2.05, 4.69) is 11.1 Å². The number of hydrogen-bond donors (Lipinski definition) is 0. The zero-order chi connectivity index (χ0) is 15.2. The fraction of sp³-hybridized carbons (Fsp3) is 0.235. The summed E-state index contributed by atoms with van der Waals surface area (Å²) in [6, 6.07) is 10.4. The summed E-state index contributed by atoms with van der Waals surface area (Å²) in [5, 5.41) is 0. The monoisotopic (exact) mass is 286 g/mol. The topological polar surface area (TPSA) is 25.2 Å². The summed E-state index contributed by atoms with van der Waals surface area (Å²) in [7, 11) is 0. The Balaban J connectivity index is 2.12. The van der Waals surface area contributed by atoms with Gasteiger partial charge in [0.25, 0.3) is 0 Å². The molecular weight excluding hydrogens is 267 g/mol. The third kappa shape index (κ3) is 4.05. The maximum absolute atomic E-state index is 12.9. The summed E-state index contributed by atoms with van der Waals surface area (Å²) in [4.78, 5) is 13.3. The fourth-order valence-corrected chi connectivity index (χ4v) is 2.19. The summed E-state index contributed by atoms with van der Waals surface area (Å²) >= 11 is 0. The summed E-state index contributed by atoms with van der Waals surface area (Å²) in [6.07, 6.45) is 3.68. The van der Waals surface area contributed by atoms with E-state index >= 15 is 0 Å². The number of halogens is 1. The Bertz CT molecular complexity index is 616. The van der Waals surface area contributed by atoms with Crippen LogP contribution in [0.3, 0.4) is 0 Å². The zero-order valence-corrected chi connectivity index (χ0v) is 12.1. The first-order chi connectivity index (χ1) is 10.1. The molecule has 1 amide bonds. The van der Waals surface area contributed by atoms with Crippen molar-refractivity contribution >= 4 is 5.91 Å². The van der Waals surface area contributed by atoms with Crippen molar-refractivity contribution in [1.29, 1.82) is 0 Å². The average Bonchev–Trinajstić information content (AvgIpc) is 2.88. The first-order valence-electron chi connectivity index (χ1n) is 6.85. The zero-order valence-electron chi connectivity index (χ0n) is 12.1. The Kier molecular flexibility index (Phi) is 4.93. The van der Waals surface area contributed by atoms with Crippen LogP contribution in [0.5, 0.6) is 0 Å². The molecule has 0 atom stereocenters. The molecule has 0 spiro atoms. The maximum Gasteiger partial charge on any atom is 0.220 e. The Labute approximate surface area is 124 Å². The minimum absolute atomic E-state index is 0.0180. The summed E-state index contributed by atoms with van der Waals surface area (Å²) in [5.41, 5.74) is 2.06. The highest BCUT2D eigenvalue weighted by molar-refractivity contribution is 5.73. The number of benzene rings is 1. The third-order valence-electron chi connectivity index (χ3n) is 3.34. The molecule has 2 aromatic rings. The molecule has 3 nitrogen and oxygen atoms in total. The van der Waals surface area contributed by atoms with E-state index < -0.39 is 0 Å². The number of nitrogens with zero attached hydrogens (tertiary/aromatic N) is 2. The van der Waals surface area contributed by atoms with Crippen LogP contribution in [-0.4, -0.2) is 21.9 Å². The van der Waals surface area contributed by atoms with Gasteiger partial charge in [-0.05, 0) is 29.8 Å². The standard InChI is InChI=1S/C17H19FN2O/c1-3-10-19(14(2)21)13-17-5-4-11-20(17)12-15-6-8-16(18)9-7-15/h3-9,11H,1,10,12-13H2,2H3. The van der Waals surface area contributed by atoms with Gasteiger partial charge >= 0.3 is 0 Å². The molecule has 0 aliphatic rings. The third-order valence-corrected chi connectivity index (χ3v) is 3.34. The van der Waals surface area contributed by atoms with Gasteiger partial charge in [-0.15, -0.1) is 6.58 Å². The van der Waals surface area contributed by atoms with E-state index in [0.29, 0.717) is 19.6 Å². The predicted molar refractivity (Wildman–Crippen MR) is 81.2 cm³/mol. The van der Waals surface area contributed by atoms with Crippen molar-refractivity contribution in [3.63, 3.8) is 0 Å². The summed E-state index contributed by atoms with van der Waals surface area (Å²) in [5.74, 6) is -0.218. The largest absolute Gasteiger partial charge is 0.345 e. The van der Waals surface area contributed by atoms with Crippen LogP contribution in [0.4, 0.5) is 4.39 Å². The number of carbonyl (C=O) groups is 1. The van der Waals surface area contributed by atoms with Crippen LogP contribution < -0.4 is 0 Å². The molecule has 0 fully saturated rings. The molecule has 0 saturated carbocycles. The van der Waals surface area contributed by atoms with Gasteiger partial charge in [-0.25, -0.2) is 4.39 Å². The van der Waals surface area contributed by atoms with Crippen LogP contribution in [-0.2, 0) is 17.9 Å². The number of hydrogen-bond acceptors (Lipinski definition) is 1. The van der Waals surface area contributed by atoms with Crippen LogP contribution in [0.2, 0.25) is 0 Å². The molecular formula is C17H19FN2O. The normalized spacial score (nSPS) is 10.4.